The minimum atomic E-state index is -2.76. The van der Waals surface area contributed by atoms with Crippen LogP contribution in [0.1, 0.15) is 61.6 Å². The molecule has 2 heterocycles. The molecular weight excluding hydrogens is 536 g/mol. The number of methoxy groups -OCH3 is 1. The Bertz CT molecular complexity index is 1340. The molecule has 13 heteroatoms. The predicted octanol–water partition coefficient (Wildman–Crippen LogP) is 2.03. The Morgan fingerprint density at radius 3 is 2.37 bits per heavy atom. The molecule has 1 aromatic carbocycles. The molecule has 0 amide bonds. The number of carboxylic acid groups (broad SMARTS) is 2. The van der Waals surface area contributed by atoms with Crippen LogP contribution in [0.5, 0.6) is 11.5 Å². The molecule has 1 unspecified atom stereocenters. The number of rotatable bonds is 11. The van der Waals surface area contributed by atoms with Crippen molar-refractivity contribution in [2.24, 2.45) is 4.99 Å². The number of aromatic nitrogens is 2. The Morgan fingerprint density at radius 2 is 1.78 bits per heavy atom. The number of carbonyl (C=O) groups excluding carboxylic acids is 1. The van der Waals surface area contributed by atoms with E-state index in [1.54, 1.807) is 24.4 Å². The first kappa shape index (κ1) is 29.7. The van der Waals surface area contributed by atoms with Crippen LogP contribution in [0.15, 0.2) is 29.5 Å². The fourth-order valence-corrected chi connectivity index (χ4v) is 5.30. The van der Waals surface area contributed by atoms with E-state index in [0.29, 0.717) is 49.0 Å². The van der Waals surface area contributed by atoms with Gasteiger partial charge < -0.3 is 34.4 Å². The average molecular weight is 571 g/mol. The Kier molecular flexibility index (Phi) is 8.76. The molecule has 1 aliphatic carbocycles. The second kappa shape index (κ2) is 12.1. The van der Waals surface area contributed by atoms with Crippen LogP contribution in [0.3, 0.4) is 0 Å². The Balaban J connectivity index is 1.64. The fraction of sp³-hybridized carbons (Fsp3) is 0.500. The van der Waals surface area contributed by atoms with E-state index in [0.717, 1.165) is 16.7 Å². The van der Waals surface area contributed by atoms with E-state index in [-0.39, 0.29) is 12.0 Å². The minimum absolute atomic E-state index is 0.146. The number of nitrogens with zero attached hydrogens (tertiary/aromatic N) is 4. The van der Waals surface area contributed by atoms with Gasteiger partial charge in [-0.15, -0.1) is 0 Å². The molecule has 2 aromatic rings. The third-order valence-electron chi connectivity index (χ3n) is 7.24. The summed E-state index contributed by atoms with van der Waals surface area (Å²) in [7, 11) is 5.26. The molecule has 220 valence electrons. The molecule has 13 nitrogen and oxygen atoms in total. The highest BCUT2D eigenvalue weighted by Gasteiger charge is 2.43. The lowest BCUT2D eigenvalue weighted by molar-refractivity contribution is -0.174. The lowest BCUT2D eigenvalue weighted by Gasteiger charge is -2.39. The van der Waals surface area contributed by atoms with Gasteiger partial charge in [-0.25, -0.2) is 14.8 Å². The normalized spacial score (nSPS) is 20.9. The van der Waals surface area contributed by atoms with E-state index in [1.165, 1.54) is 0 Å². The van der Waals surface area contributed by atoms with Crippen LogP contribution < -0.4 is 14.4 Å². The van der Waals surface area contributed by atoms with Gasteiger partial charge in [0.1, 0.15) is 6.10 Å². The molecule has 0 saturated heterocycles. The van der Waals surface area contributed by atoms with Gasteiger partial charge in [-0.05, 0) is 43.9 Å². The van der Waals surface area contributed by atoms with Crippen LogP contribution in [0.2, 0.25) is 0 Å². The van der Waals surface area contributed by atoms with Crippen molar-refractivity contribution < 1.29 is 43.9 Å². The standard InChI is InChI=1S/C28H34N4O9/c1-5-40-22-9-17-18-8-16(41-24(35)12-28(38,26(36)37)11-23(33)34)6-7-20(18)31-25(19(17)10-21(22)39-4)15-13-29-27(30-14-15)32(2)3/h9-10,13-14,16,18,20,38H,5-8,11-12H2,1-4H3,(H,33,34)(H,36,37)/t16-,18-,20-,28?/m1/s1. The summed E-state index contributed by atoms with van der Waals surface area (Å²) in [6.07, 6.45) is 2.16. The molecule has 0 spiro atoms. The average Bonchev–Trinajstić information content (AvgIpc) is 2.92. The zero-order valence-corrected chi connectivity index (χ0v) is 23.4. The number of carbonyl (C=O) groups is 3. The molecule has 1 aliphatic heterocycles. The molecule has 3 N–H and O–H groups in total. The largest absolute Gasteiger partial charge is 0.493 e. The molecule has 0 radical (unpaired) electrons. The highest BCUT2D eigenvalue weighted by molar-refractivity contribution is 6.14. The third kappa shape index (κ3) is 6.40. The van der Waals surface area contributed by atoms with Crippen molar-refractivity contribution in [2.75, 3.05) is 32.7 Å². The van der Waals surface area contributed by atoms with Gasteiger partial charge in [0.05, 0.1) is 38.3 Å². The Labute approximate surface area is 236 Å². The van der Waals surface area contributed by atoms with Crippen LogP contribution in [0, 0.1) is 0 Å². The summed E-state index contributed by atoms with van der Waals surface area (Å²) in [4.78, 5) is 50.9. The van der Waals surface area contributed by atoms with E-state index in [1.807, 2.05) is 33.2 Å². The van der Waals surface area contributed by atoms with Gasteiger partial charge in [0, 0.05) is 43.5 Å². The van der Waals surface area contributed by atoms with Crippen molar-refractivity contribution in [1.29, 1.82) is 0 Å². The molecule has 1 aromatic heterocycles. The summed E-state index contributed by atoms with van der Waals surface area (Å²) in [6, 6.07) is 3.63. The van der Waals surface area contributed by atoms with Crippen molar-refractivity contribution in [3.63, 3.8) is 0 Å². The number of aliphatic carboxylic acids is 2. The summed E-state index contributed by atoms with van der Waals surface area (Å²) in [5.74, 6) is -2.83. The van der Waals surface area contributed by atoms with Crippen LogP contribution >= 0.6 is 0 Å². The number of esters is 1. The number of fused-ring (bicyclic) bond motifs is 3. The van der Waals surface area contributed by atoms with Crippen LogP contribution in [-0.2, 0) is 19.1 Å². The quantitative estimate of drug-likeness (QED) is 0.335. The zero-order chi connectivity index (χ0) is 29.9. The van der Waals surface area contributed by atoms with Crippen LogP contribution in [0.25, 0.3) is 0 Å². The maximum absolute atomic E-state index is 12.6. The highest BCUT2D eigenvalue weighted by Crippen LogP contribution is 2.45. The fourth-order valence-electron chi connectivity index (χ4n) is 5.30. The first-order valence-electron chi connectivity index (χ1n) is 13.3. The Hall–Kier alpha value is -4.26. The van der Waals surface area contributed by atoms with Crippen molar-refractivity contribution in [3.05, 3.63) is 41.2 Å². The maximum Gasteiger partial charge on any atom is 0.336 e. The monoisotopic (exact) mass is 570 g/mol. The molecule has 0 bridgehead atoms. The zero-order valence-electron chi connectivity index (χ0n) is 23.4. The maximum atomic E-state index is 12.6. The molecule has 4 rings (SSSR count). The first-order valence-corrected chi connectivity index (χ1v) is 13.3. The van der Waals surface area contributed by atoms with E-state index in [4.69, 9.17) is 24.3 Å². The minimum Gasteiger partial charge on any atom is -0.493 e. The van der Waals surface area contributed by atoms with Gasteiger partial charge in [0.25, 0.3) is 0 Å². The van der Waals surface area contributed by atoms with Crippen molar-refractivity contribution in [2.45, 2.75) is 62.7 Å². The lowest BCUT2D eigenvalue weighted by atomic mass is 9.74. The summed E-state index contributed by atoms with van der Waals surface area (Å²) in [5, 5.41) is 28.5. The molecule has 1 saturated carbocycles. The van der Waals surface area contributed by atoms with Gasteiger partial charge in [0.2, 0.25) is 5.95 Å². The number of hydrogen-bond acceptors (Lipinski definition) is 11. The third-order valence-corrected chi connectivity index (χ3v) is 7.24. The lowest BCUT2D eigenvalue weighted by Crippen LogP contribution is -2.44. The topological polar surface area (TPSA) is 181 Å². The van der Waals surface area contributed by atoms with E-state index < -0.39 is 42.5 Å². The summed E-state index contributed by atoms with van der Waals surface area (Å²) < 4.78 is 17.0. The SMILES string of the molecule is CCOc1cc2c(cc1OC)C(c1cnc(N(C)C)nc1)=N[C@@H]1CC[C@@H](OC(=O)CC(O)(CC(=O)O)C(=O)O)C[C@H]21. The van der Waals surface area contributed by atoms with E-state index in [2.05, 4.69) is 9.97 Å². The number of ether oxygens (including phenoxy) is 3. The van der Waals surface area contributed by atoms with Crippen molar-refractivity contribution >= 4 is 29.6 Å². The van der Waals surface area contributed by atoms with Gasteiger partial charge in [-0.1, -0.05) is 0 Å². The number of hydrogen-bond donors (Lipinski definition) is 3. The molecule has 2 aliphatic rings. The summed E-state index contributed by atoms with van der Waals surface area (Å²) in [6.45, 7) is 2.30. The van der Waals surface area contributed by atoms with E-state index in [9.17, 15) is 24.6 Å². The predicted molar refractivity (Wildman–Crippen MR) is 146 cm³/mol. The number of aliphatic hydroxyl groups is 1. The first-order chi connectivity index (χ1) is 19.4. The van der Waals surface area contributed by atoms with Gasteiger partial charge in [-0.3, -0.25) is 14.6 Å². The van der Waals surface area contributed by atoms with Crippen LogP contribution in [-0.4, -0.2) is 94.5 Å². The smallest absolute Gasteiger partial charge is 0.336 e. The summed E-state index contributed by atoms with van der Waals surface area (Å²) >= 11 is 0. The second-order valence-electron chi connectivity index (χ2n) is 10.3. The van der Waals surface area contributed by atoms with Crippen molar-refractivity contribution in [1.82, 2.24) is 9.97 Å². The number of benzene rings is 1. The van der Waals surface area contributed by atoms with Gasteiger partial charge >= 0.3 is 17.9 Å². The van der Waals surface area contributed by atoms with E-state index >= 15 is 0 Å². The number of aliphatic imine (C=N–C) groups is 1. The molecule has 1 fully saturated rings. The van der Waals surface area contributed by atoms with Crippen LogP contribution in [0.4, 0.5) is 5.95 Å². The molecular formula is C28H34N4O9. The molecule has 41 heavy (non-hydrogen) atoms. The second-order valence-corrected chi connectivity index (χ2v) is 10.3. The molecule has 4 atom stereocenters. The number of carboxylic acids is 2. The van der Waals surface area contributed by atoms with Crippen molar-refractivity contribution in [3.8, 4) is 11.5 Å². The van der Waals surface area contributed by atoms with Gasteiger partial charge in [0.15, 0.2) is 17.1 Å². The number of anilines is 1. The van der Waals surface area contributed by atoms with Gasteiger partial charge in [-0.2, -0.15) is 0 Å². The summed E-state index contributed by atoms with van der Waals surface area (Å²) in [5.41, 5.74) is 0.421. The highest BCUT2D eigenvalue weighted by atomic mass is 16.5. The Morgan fingerprint density at radius 1 is 1.07 bits per heavy atom.